The fraction of sp³-hybridized carbons (Fsp3) is 0.333. The zero-order valence-electron chi connectivity index (χ0n) is 30.6. The second-order valence-electron chi connectivity index (χ2n) is 14.3. The zero-order valence-corrected chi connectivity index (χ0v) is 30.6. The summed E-state index contributed by atoms with van der Waals surface area (Å²) in [6, 6.07) is 11.4. The fourth-order valence-electron chi connectivity index (χ4n) is 7.51. The quantitative estimate of drug-likeness (QED) is 0.0507. The van der Waals surface area contributed by atoms with Gasteiger partial charge in [0.05, 0.1) is 18.8 Å². The molecule has 10 atom stereocenters. The summed E-state index contributed by atoms with van der Waals surface area (Å²) in [5.74, 6) is -15.1. The van der Waals surface area contributed by atoms with Crippen LogP contribution in [0, 0.1) is 29.1 Å². The number of amides is 1. The first-order valence-electron chi connectivity index (χ1n) is 18.1. The van der Waals surface area contributed by atoms with Crippen LogP contribution in [-0.4, -0.2) is 127 Å². The van der Waals surface area contributed by atoms with Crippen molar-refractivity contribution in [3.63, 3.8) is 0 Å². The molecule has 0 unspecified atom stereocenters. The van der Waals surface area contributed by atoms with Gasteiger partial charge in [0.2, 0.25) is 18.4 Å². The van der Waals surface area contributed by atoms with Crippen molar-refractivity contribution in [3.05, 3.63) is 112 Å². The number of fused-ring (bicyclic) bond motifs is 6. The van der Waals surface area contributed by atoms with Crippen molar-refractivity contribution in [2.45, 2.75) is 67.0 Å². The molecule has 2 saturated heterocycles. The molecule has 4 aromatic carbocycles. The predicted octanol–water partition coefficient (Wildman–Crippen LogP) is 0.560. The average molecular weight is 866 g/mol. The number of esters is 1. The van der Waals surface area contributed by atoms with Crippen LogP contribution in [0.1, 0.15) is 37.4 Å². The van der Waals surface area contributed by atoms with Crippen LogP contribution in [0.5, 0.6) is 23.0 Å². The van der Waals surface area contributed by atoms with Crippen molar-refractivity contribution < 1.29 is 101 Å². The summed E-state index contributed by atoms with van der Waals surface area (Å²) in [6.07, 6.45) is -16.5. The Morgan fingerprint density at radius 3 is 1.56 bits per heavy atom. The number of hydrogen-bond donors (Lipinski definition) is 9. The van der Waals surface area contributed by atoms with Gasteiger partial charge in [-0.1, -0.05) is 6.07 Å². The van der Waals surface area contributed by atoms with E-state index in [2.05, 4.69) is 0 Å². The lowest BCUT2D eigenvalue weighted by Crippen LogP contribution is -2.60. The van der Waals surface area contributed by atoms with Gasteiger partial charge in [-0.05, 0) is 36.4 Å². The second kappa shape index (κ2) is 15.7. The number of rotatable bonds is 8. The second-order valence-corrected chi connectivity index (χ2v) is 14.3. The van der Waals surface area contributed by atoms with Crippen molar-refractivity contribution in [2.24, 2.45) is 0 Å². The molecule has 0 saturated carbocycles. The highest BCUT2D eigenvalue weighted by molar-refractivity contribution is 6.06. The highest BCUT2D eigenvalue weighted by Gasteiger charge is 2.54. The van der Waals surface area contributed by atoms with Gasteiger partial charge in [-0.15, -0.1) is 0 Å². The van der Waals surface area contributed by atoms with Crippen LogP contribution in [0.2, 0.25) is 0 Å². The van der Waals surface area contributed by atoms with E-state index in [0.29, 0.717) is 0 Å². The van der Waals surface area contributed by atoms with Gasteiger partial charge in [-0.2, -0.15) is 0 Å². The van der Waals surface area contributed by atoms with Crippen molar-refractivity contribution in [2.75, 3.05) is 18.5 Å². The molecule has 22 heteroatoms. The summed E-state index contributed by atoms with van der Waals surface area (Å²) in [5.41, 5.74) is -3.99. The van der Waals surface area contributed by atoms with E-state index in [0.717, 1.165) is 12.1 Å². The van der Waals surface area contributed by atoms with E-state index < -0.39 is 127 Å². The largest absolute Gasteiger partial charge is 0.462 e. The fourth-order valence-corrected chi connectivity index (χ4v) is 7.51. The Morgan fingerprint density at radius 2 is 1.08 bits per heavy atom. The maximum Gasteiger partial charge on any atom is 0.340 e. The van der Waals surface area contributed by atoms with Crippen LogP contribution in [0.3, 0.4) is 0 Å². The molecule has 9 N–H and O–H groups in total. The van der Waals surface area contributed by atoms with Crippen molar-refractivity contribution in [1.82, 2.24) is 0 Å². The molecular formula is C39H32F5NO16. The number of benzene rings is 4. The highest BCUT2D eigenvalue weighted by Crippen LogP contribution is 2.57. The molecule has 4 aliphatic rings. The third-order valence-corrected chi connectivity index (χ3v) is 10.6. The minimum atomic E-state index is -2.48. The third-order valence-electron chi connectivity index (χ3n) is 10.6. The molecule has 2 fully saturated rings. The summed E-state index contributed by atoms with van der Waals surface area (Å²) >= 11 is 0. The monoisotopic (exact) mass is 865 g/mol. The zero-order chi connectivity index (χ0) is 43.8. The lowest BCUT2D eigenvalue weighted by Gasteiger charge is -2.40. The van der Waals surface area contributed by atoms with Crippen molar-refractivity contribution >= 4 is 17.6 Å². The Balaban J connectivity index is 1.18. The smallest absolute Gasteiger partial charge is 0.340 e. The molecule has 4 aliphatic heterocycles. The Labute approximate surface area is 338 Å². The third kappa shape index (κ3) is 6.80. The Morgan fingerprint density at radius 1 is 0.623 bits per heavy atom. The molecule has 0 radical (unpaired) electrons. The number of ether oxygens (including phenoxy) is 6. The minimum Gasteiger partial charge on any atom is -0.462 e. The molecule has 0 aromatic heterocycles. The number of halogens is 5. The first kappa shape index (κ1) is 42.2. The van der Waals surface area contributed by atoms with Crippen LogP contribution < -0.4 is 19.5 Å². The standard InChI is InChI=1S/C39H32F5NO16/c40-24-23(25(41)27(43)28(44)26(24)42)35(54)45-12-1-4-16-15(7-12)36(55)61-39(16)17-5-2-13(56-37-33(52)31(50)29(48)21(10-46)59-37)8-19(17)58-20-9-14(3-6-18(20)39)57-38-34(53)32(51)30(49)22(11-47)60-38/h1-9,21-22,29-34,37-38,46-53H,10-11H2,(H,45,54)/t21-,22-,29-,30-,31+,32+,33-,34-,37-,38-/m1/s1. The van der Waals surface area contributed by atoms with Crippen LogP contribution in [0.4, 0.5) is 27.6 Å². The normalized spacial score (nSPS) is 28.6. The van der Waals surface area contributed by atoms with Gasteiger partial charge >= 0.3 is 5.97 Å². The van der Waals surface area contributed by atoms with Crippen molar-refractivity contribution in [3.8, 4) is 23.0 Å². The van der Waals surface area contributed by atoms with E-state index >= 15 is 0 Å². The number of anilines is 1. The van der Waals surface area contributed by atoms with Crippen LogP contribution >= 0.6 is 0 Å². The molecular weight excluding hydrogens is 833 g/mol. The Bertz CT molecular complexity index is 2300. The Hall–Kier alpha value is -5.53. The van der Waals surface area contributed by atoms with Crippen molar-refractivity contribution in [1.29, 1.82) is 0 Å². The lowest BCUT2D eigenvalue weighted by molar-refractivity contribution is -0.277. The summed E-state index contributed by atoms with van der Waals surface area (Å²) in [6.45, 7) is -1.50. The summed E-state index contributed by atoms with van der Waals surface area (Å²) in [4.78, 5) is 26.6. The molecule has 1 amide bonds. The number of nitrogens with one attached hydrogen (secondary N) is 1. The molecule has 4 heterocycles. The molecule has 4 aromatic rings. The maximum atomic E-state index is 14.5. The van der Waals surface area contributed by atoms with E-state index in [4.69, 9.17) is 28.4 Å². The maximum absolute atomic E-state index is 14.5. The van der Waals surface area contributed by atoms with E-state index in [1.54, 1.807) is 0 Å². The van der Waals surface area contributed by atoms with Gasteiger partial charge in [0.1, 0.15) is 77.4 Å². The predicted molar refractivity (Wildman–Crippen MR) is 188 cm³/mol. The Kier molecular flexibility index (Phi) is 10.9. The van der Waals surface area contributed by atoms with E-state index in [-0.39, 0.29) is 50.9 Å². The van der Waals surface area contributed by atoms with Crippen LogP contribution in [0.25, 0.3) is 0 Å². The number of aliphatic hydroxyl groups excluding tert-OH is 8. The van der Waals surface area contributed by atoms with Gasteiger partial charge in [0.15, 0.2) is 28.9 Å². The van der Waals surface area contributed by atoms with Gasteiger partial charge in [-0.3, -0.25) is 4.79 Å². The summed E-state index contributed by atoms with van der Waals surface area (Å²) in [7, 11) is 0. The molecule has 1 spiro atoms. The SMILES string of the molecule is O=C1OC2(c3ccc(O[C@@H]4O[C@H](CO)[C@@H](O)[C@H](O)[C@H]4O)cc3Oc3cc(O[C@@H]4O[C@H](CO)[C@@H](O)[C@H](O)[C@H]4O)ccc32)c2ccc(NC(=O)c3c(F)c(F)c(F)c(F)c3F)cc21. The molecule has 61 heavy (non-hydrogen) atoms. The number of carbonyl (C=O) groups excluding carboxylic acids is 2. The van der Waals surface area contributed by atoms with Gasteiger partial charge in [-0.25, -0.2) is 26.7 Å². The summed E-state index contributed by atoms with van der Waals surface area (Å²) in [5, 5.41) is 83.4. The average Bonchev–Trinajstić information content (AvgIpc) is 3.53. The molecule has 0 bridgehead atoms. The lowest BCUT2D eigenvalue weighted by atomic mass is 9.77. The molecule has 324 valence electrons. The first-order chi connectivity index (χ1) is 29.0. The molecule has 17 nitrogen and oxygen atoms in total. The number of carbonyl (C=O) groups is 2. The highest BCUT2D eigenvalue weighted by atomic mass is 19.2. The number of aliphatic hydroxyl groups is 8. The van der Waals surface area contributed by atoms with E-state index in [1.165, 1.54) is 42.5 Å². The minimum absolute atomic E-state index is 0.0720. The van der Waals surface area contributed by atoms with Gasteiger partial charge in [0, 0.05) is 34.5 Å². The van der Waals surface area contributed by atoms with E-state index in [9.17, 15) is 72.4 Å². The molecule has 0 aliphatic carbocycles. The number of hydrogen-bond acceptors (Lipinski definition) is 16. The molecule has 8 rings (SSSR count). The topological polar surface area (TPSA) is 263 Å². The van der Waals surface area contributed by atoms with Crippen LogP contribution in [-0.2, 0) is 19.8 Å². The summed E-state index contributed by atoms with van der Waals surface area (Å²) < 4.78 is 105. The van der Waals surface area contributed by atoms with Crippen LogP contribution in [0.15, 0.2) is 54.6 Å². The van der Waals surface area contributed by atoms with E-state index in [1.807, 2.05) is 5.32 Å². The first-order valence-corrected chi connectivity index (χ1v) is 18.1. The van der Waals surface area contributed by atoms with Gasteiger partial charge in [0.25, 0.3) is 5.91 Å². The van der Waals surface area contributed by atoms with Gasteiger partial charge < -0.3 is 74.6 Å².